The predicted octanol–water partition coefficient (Wildman–Crippen LogP) is 0.512. The van der Waals surface area contributed by atoms with Gasteiger partial charge in [0.2, 0.25) is 5.78 Å². The number of thiocarbonyl (C=S) groups is 1. The molecule has 1 aromatic carbocycles. The van der Waals surface area contributed by atoms with Gasteiger partial charge in [0.05, 0.1) is 17.9 Å². The van der Waals surface area contributed by atoms with Crippen LogP contribution >= 0.6 is 12.2 Å². The highest BCUT2D eigenvalue weighted by Crippen LogP contribution is 2.11. The fourth-order valence-electron chi connectivity index (χ4n) is 1.53. The molecule has 0 unspecified atom stereocenters. The van der Waals surface area contributed by atoms with Gasteiger partial charge in [-0.2, -0.15) is 0 Å². The van der Waals surface area contributed by atoms with Crippen LogP contribution in [0.25, 0.3) is 0 Å². The van der Waals surface area contributed by atoms with Crippen molar-refractivity contribution in [3.05, 3.63) is 47.2 Å². The van der Waals surface area contributed by atoms with Crippen molar-refractivity contribution in [1.29, 1.82) is 0 Å². The first-order chi connectivity index (χ1) is 9.97. The summed E-state index contributed by atoms with van der Waals surface area (Å²) in [7, 11) is 0. The van der Waals surface area contributed by atoms with Gasteiger partial charge in [0, 0.05) is 5.56 Å². The third-order valence-corrected chi connectivity index (χ3v) is 2.62. The fraction of sp³-hybridized carbons (Fsp3) is 0.214. The quantitative estimate of drug-likeness (QED) is 0.305. The van der Waals surface area contributed by atoms with E-state index >= 15 is 0 Å². The average molecular weight is 308 g/mol. The molecule has 0 fully saturated rings. The molecule has 0 saturated heterocycles. The second-order valence-corrected chi connectivity index (χ2v) is 4.48. The SMILES string of the molecule is CC(C(=O)OCCO)=C(NC(N)=S)C(=O)c1ccccc1. The molecule has 112 valence electrons. The van der Waals surface area contributed by atoms with Gasteiger partial charge in [-0.3, -0.25) is 4.79 Å². The number of carbonyl (C=O) groups is 2. The standard InChI is InChI=1S/C14H16N2O4S/c1-9(13(19)20-8-7-17)11(16-14(15)21)12(18)10-5-3-2-4-6-10/h2-6,17H,7-8H2,1H3,(H3,15,16,21). The number of aliphatic hydroxyl groups is 1. The van der Waals surface area contributed by atoms with E-state index in [0.29, 0.717) is 5.56 Å². The van der Waals surface area contributed by atoms with Crippen LogP contribution in [0.15, 0.2) is 41.6 Å². The first-order valence-electron chi connectivity index (χ1n) is 6.12. The Morgan fingerprint density at radius 2 is 1.95 bits per heavy atom. The van der Waals surface area contributed by atoms with Crippen molar-refractivity contribution in [2.24, 2.45) is 5.73 Å². The lowest BCUT2D eigenvalue weighted by Crippen LogP contribution is -2.34. The highest BCUT2D eigenvalue weighted by atomic mass is 32.1. The lowest BCUT2D eigenvalue weighted by molar-refractivity contribution is -0.140. The molecule has 0 bridgehead atoms. The second-order valence-electron chi connectivity index (χ2n) is 4.04. The van der Waals surface area contributed by atoms with Crippen molar-refractivity contribution in [2.75, 3.05) is 13.2 Å². The molecule has 0 atom stereocenters. The molecule has 0 radical (unpaired) electrons. The Hall–Kier alpha value is -2.25. The largest absolute Gasteiger partial charge is 0.460 e. The molecule has 0 saturated carbocycles. The minimum absolute atomic E-state index is 0.0325. The zero-order valence-corrected chi connectivity index (χ0v) is 12.3. The fourth-order valence-corrected chi connectivity index (χ4v) is 1.63. The maximum atomic E-state index is 12.4. The summed E-state index contributed by atoms with van der Waals surface area (Å²) in [6.07, 6.45) is 0. The summed E-state index contributed by atoms with van der Waals surface area (Å²) in [5, 5.41) is 11.0. The van der Waals surface area contributed by atoms with Crippen LogP contribution in [-0.2, 0) is 9.53 Å². The molecule has 0 aliphatic rings. The second kappa shape index (κ2) is 8.13. The zero-order valence-electron chi connectivity index (χ0n) is 11.5. The summed E-state index contributed by atoms with van der Waals surface area (Å²) >= 11 is 4.72. The number of esters is 1. The molecule has 0 aromatic heterocycles. The highest BCUT2D eigenvalue weighted by Gasteiger charge is 2.20. The lowest BCUT2D eigenvalue weighted by Gasteiger charge is -2.12. The van der Waals surface area contributed by atoms with Gasteiger partial charge in [-0.1, -0.05) is 30.3 Å². The number of hydrogen-bond acceptors (Lipinski definition) is 5. The minimum atomic E-state index is -0.730. The topological polar surface area (TPSA) is 102 Å². The van der Waals surface area contributed by atoms with Crippen LogP contribution in [0.1, 0.15) is 17.3 Å². The number of aliphatic hydroxyl groups excluding tert-OH is 1. The van der Waals surface area contributed by atoms with E-state index in [-0.39, 0.29) is 29.6 Å². The number of ether oxygens (including phenoxy) is 1. The van der Waals surface area contributed by atoms with E-state index in [2.05, 4.69) is 5.32 Å². The maximum absolute atomic E-state index is 12.4. The third-order valence-electron chi connectivity index (χ3n) is 2.52. The Morgan fingerprint density at radius 1 is 1.33 bits per heavy atom. The molecule has 1 rings (SSSR count). The van der Waals surface area contributed by atoms with E-state index in [1.807, 2.05) is 0 Å². The first kappa shape index (κ1) is 16.8. The number of allylic oxidation sites excluding steroid dienone is 1. The molecule has 1 aromatic rings. The number of benzene rings is 1. The van der Waals surface area contributed by atoms with Crippen LogP contribution < -0.4 is 11.1 Å². The molecule has 7 heteroatoms. The van der Waals surface area contributed by atoms with Gasteiger partial charge in [0.1, 0.15) is 6.61 Å². The lowest BCUT2D eigenvalue weighted by atomic mass is 10.0. The van der Waals surface area contributed by atoms with Gasteiger partial charge in [-0.25, -0.2) is 4.79 Å². The van der Waals surface area contributed by atoms with Crippen molar-refractivity contribution in [2.45, 2.75) is 6.92 Å². The van der Waals surface area contributed by atoms with E-state index in [4.69, 9.17) is 27.8 Å². The van der Waals surface area contributed by atoms with Gasteiger partial charge < -0.3 is 20.9 Å². The summed E-state index contributed by atoms with van der Waals surface area (Å²) in [6.45, 7) is 0.959. The number of nitrogens with two attached hydrogens (primary N) is 1. The van der Waals surface area contributed by atoms with Gasteiger partial charge in [0.25, 0.3) is 0 Å². The van der Waals surface area contributed by atoms with Gasteiger partial charge in [0.15, 0.2) is 5.11 Å². The van der Waals surface area contributed by atoms with E-state index in [1.165, 1.54) is 6.92 Å². The predicted molar refractivity (Wildman–Crippen MR) is 81.4 cm³/mol. The smallest absolute Gasteiger partial charge is 0.336 e. The van der Waals surface area contributed by atoms with Crippen LogP contribution in [-0.4, -0.2) is 35.2 Å². The molecule has 0 heterocycles. The van der Waals surface area contributed by atoms with E-state index in [9.17, 15) is 9.59 Å². The van der Waals surface area contributed by atoms with Crippen molar-refractivity contribution < 1.29 is 19.4 Å². The number of nitrogens with one attached hydrogen (secondary N) is 1. The van der Waals surface area contributed by atoms with Crippen LogP contribution in [0.2, 0.25) is 0 Å². The van der Waals surface area contributed by atoms with Gasteiger partial charge in [-0.15, -0.1) is 0 Å². The Morgan fingerprint density at radius 3 is 2.48 bits per heavy atom. The number of Topliss-reactive ketones (excluding diaryl/α,β-unsaturated/α-hetero) is 1. The molecular formula is C14H16N2O4S. The minimum Gasteiger partial charge on any atom is -0.460 e. The summed E-state index contributed by atoms with van der Waals surface area (Å²) in [6, 6.07) is 8.38. The molecule has 4 N–H and O–H groups in total. The first-order valence-corrected chi connectivity index (χ1v) is 6.53. The van der Waals surface area contributed by atoms with Gasteiger partial charge >= 0.3 is 5.97 Å². The van der Waals surface area contributed by atoms with Crippen LogP contribution in [0.3, 0.4) is 0 Å². The number of hydrogen-bond donors (Lipinski definition) is 3. The number of rotatable bonds is 6. The summed E-state index contributed by atoms with van der Waals surface area (Å²) < 4.78 is 4.78. The average Bonchev–Trinajstić information content (AvgIpc) is 2.49. The maximum Gasteiger partial charge on any atom is 0.336 e. The normalized spacial score (nSPS) is 11.3. The molecule has 0 amide bonds. The molecule has 0 aliphatic carbocycles. The molecule has 6 nitrogen and oxygen atoms in total. The summed E-state index contributed by atoms with van der Waals surface area (Å²) in [5.74, 6) is -1.16. The Balaban J connectivity index is 3.12. The van der Waals surface area contributed by atoms with E-state index < -0.39 is 11.8 Å². The van der Waals surface area contributed by atoms with E-state index in [0.717, 1.165) is 0 Å². The van der Waals surface area contributed by atoms with Crippen molar-refractivity contribution >= 4 is 29.1 Å². The highest BCUT2D eigenvalue weighted by molar-refractivity contribution is 7.80. The summed E-state index contributed by atoms with van der Waals surface area (Å²) in [4.78, 5) is 24.2. The number of carbonyl (C=O) groups excluding carboxylic acids is 2. The van der Waals surface area contributed by atoms with Gasteiger partial charge in [-0.05, 0) is 19.1 Å². The molecule has 0 aliphatic heterocycles. The zero-order chi connectivity index (χ0) is 15.8. The van der Waals surface area contributed by atoms with E-state index in [1.54, 1.807) is 30.3 Å². The molecular weight excluding hydrogens is 292 g/mol. The Kier molecular flexibility index (Phi) is 6.51. The monoisotopic (exact) mass is 308 g/mol. The van der Waals surface area contributed by atoms with Crippen molar-refractivity contribution in [1.82, 2.24) is 5.32 Å². The van der Waals surface area contributed by atoms with Crippen LogP contribution in [0, 0.1) is 0 Å². The van der Waals surface area contributed by atoms with Crippen molar-refractivity contribution in [3.63, 3.8) is 0 Å². The molecule has 21 heavy (non-hydrogen) atoms. The Bertz CT molecular complexity index is 570. The Labute approximate surface area is 127 Å². The van der Waals surface area contributed by atoms with Crippen molar-refractivity contribution in [3.8, 4) is 0 Å². The summed E-state index contributed by atoms with van der Waals surface area (Å²) in [5.41, 5.74) is 5.76. The molecule has 0 spiro atoms. The van der Waals surface area contributed by atoms with Crippen LogP contribution in [0.4, 0.5) is 0 Å². The van der Waals surface area contributed by atoms with Crippen LogP contribution in [0.5, 0.6) is 0 Å². The number of ketones is 1. The third kappa shape index (κ3) is 4.97.